The van der Waals surface area contributed by atoms with Gasteiger partial charge < -0.3 is 5.32 Å². The van der Waals surface area contributed by atoms with Crippen molar-refractivity contribution >= 4 is 11.8 Å². The molecule has 1 saturated carbocycles. The number of hydrogen-bond acceptors (Lipinski definition) is 2. The van der Waals surface area contributed by atoms with Crippen LogP contribution in [0.2, 0.25) is 0 Å². The molecule has 0 heterocycles. The van der Waals surface area contributed by atoms with Gasteiger partial charge in [0.25, 0.3) is 0 Å². The molecule has 3 unspecified atom stereocenters. The molecule has 21 heavy (non-hydrogen) atoms. The molecule has 2 heteroatoms. The highest BCUT2D eigenvalue weighted by Crippen LogP contribution is 2.42. The molecule has 0 spiro atoms. The minimum Gasteiger partial charge on any atom is -0.307 e. The fourth-order valence-corrected chi connectivity index (χ4v) is 5.29. The molecule has 1 aromatic rings. The minimum absolute atomic E-state index is 0.338. The predicted molar refractivity (Wildman–Crippen MR) is 94.1 cm³/mol. The summed E-state index contributed by atoms with van der Waals surface area (Å²) in [5.41, 5.74) is 3.46. The van der Waals surface area contributed by atoms with Crippen molar-refractivity contribution in [2.24, 2.45) is 0 Å². The Hall–Kier alpha value is -0.470. The summed E-state index contributed by atoms with van der Waals surface area (Å²) in [6, 6.07) is 10.4. The van der Waals surface area contributed by atoms with E-state index in [9.17, 15) is 0 Å². The molecule has 1 N–H and O–H groups in total. The van der Waals surface area contributed by atoms with E-state index in [0.717, 1.165) is 11.3 Å². The van der Waals surface area contributed by atoms with E-state index in [1.807, 2.05) is 0 Å². The molecule has 0 amide bonds. The van der Waals surface area contributed by atoms with E-state index in [0.29, 0.717) is 11.5 Å². The maximum Gasteiger partial charge on any atom is 0.0325 e. The topological polar surface area (TPSA) is 12.0 Å². The van der Waals surface area contributed by atoms with Crippen molar-refractivity contribution in [3.63, 3.8) is 0 Å². The summed E-state index contributed by atoms with van der Waals surface area (Å²) >= 11 is 2.15. The predicted octanol–water partition coefficient (Wildman–Crippen LogP) is 5.06. The van der Waals surface area contributed by atoms with Crippen LogP contribution in [-0.2, 0) is 5.41 Å². The summed E-state index contributed by atoms with van der Waals surface area (Å²) < 4.78 is 0. The van der Waals surface area contributed by atoms with Crippen LogP contribution in [0.4, 0.5) is 0 Å². The van der Waals surface area contributed by atoms with Gasteiger partial charge in [0.2, 0.25) is 0 Å². The van der Waals surface area contributed by atoms with Gasteiger partial charge in [-0.05, 0) is 54.4 Å². The Labute approximate surface area is 134 Å². The van der Waals surface area contributed by atoms with Gasteiger partial charge in [0.05, 0.1) is 0 Å². The molecule has 2 aliphatic rings. The second kappa shape index (κ2) is 6.34. The molecule has 1 fully saturated rings. The zero-order valence-electron chi connectivity index (χ0n) is 13.7. The Balaban J connectivity index is 1.70. The molecule has 1 aromatic carbocycles. The van der Waals surface area contributed by atoms with Crippen molar-refractivity contribution in [2.45, 2.75) is 75.6 Å². The molecular formula is C19H29NS. The lowest BCUT2D eigenvalue weighted by atomic mass is 9.71. The summed E-state index contributed by atoms with van der Waals surface area (Å²) in [6.07, 6.45) is 6.70. The Morgan fingerprint density at radius 1 is 1.19 bits per heavy atom. The van der Waals surface area contributed by atoms with Crippen LogP contribution in [0.1, 0.15) is 70.0 Å². The van der Waals surface area contributed by atoms with Gasteiger partial charge in [0.15, 0.2) is 0 Å². The first-order chi connectivity index (χ1) is 10.1. The van der Waals surface area contributed by atoms with Crippen molar-refractivity contribution in [3.8, 4) is 0 Å². The van der Waals surface area contributed by atoms with Gasteiger partial charge in [-0.25, -0.2) is 0 Å². The largest absolute Gasteiger partial charge is 0.307 e. The molecule has 3 atom stereocenters. The molecule has 116 valence electrons. The second-order valence-electron chi connectivity index (χ2n) is 7.32. The Kier molecular flexibility index (Phi) is 4.66. The average Bonchev–Trinajstić information content (AvgIpc) is 2.90. The standard InChI is InChI=1S/C19H29NS/c1-4-21-15-10-9-14(13-15)20-18-11-12-19(2,3)17-8-6-5-7-16(17)18/h5-8,14-15,18,20H,4,9-13H2,1-3H3. The Bertz CT molecular complexity index is 482. The van der Waals surface area contributed by atoms with Gasteiger partial charge in [0, 0.05) is 17.3 Å². The van der Waals surface area contributed by atoms with Crippen LogP contribution in [0.25, 0.3) is 0 Å². The molecule has 0 radical (unpaired) electrons. The summed E-state index contributed by atoms with van der Waals surface area (Å²) in [4.78, 5) is 0. The summed E-state index contributed by atoms with van der Waals surface area (Å²) in [6.45, 7) is 7.07. The number of thioether (sulfide) groups is 1. The van der Waals surface area contributed by atoms with Gasteiger partial charge in [0.1, 0.15) is 0 Å². The third-order valence-electron chi connectivity index (χ3n) is 5.35. The van der Waals surface area contributed by atoms with Crippen LogP contribution in [0.5, 0.6) is 0 Å². The lowest BCUT2D eigenvalue weighted by Gasteiger charge is -2.38. The van der Waals surface area contributed by atoms with Crippen LogP contribution in [-0.4, -0.2) is 17.0 Å². The fourth-order valence-electron chi connectivity index (χ4n) is 4.15. The first-order valence-electron chi connectivity index (χ1n) is 8.57. The fraction of sp³-hybridized carbons (Fsp3) is 0.684. The molecule has 1 nitrogen and oxygen atoms in total. The van der Waals surface area contributed by atoms with Gasteiger partial charge in [-0.3, -0.25) is 0 Å². The SMILES string of the molecule is CCSC1CCC(NC2CCC(C)(C)c3ccccc32)C1. The maximum absolute atomic E-state index is 3.99. The molecule has 0 aliphatic heterocycles. The van der Waals surface area contributed by atoms with E-state index in [1.54, 1.807) is 11.1 Å². The van der Waals surface area contributed by atoms with E-state index in [1.165, 1.54) is 37.9 Å². The van der Waals surface area contributed by atoms with Crippen molar-refractivity contribution in [2.75, 3.05) is 5.75 Å². The van der Waals surface area contributed by atoms with Gasteiger partial charge in [-0.1, -0.05) is 45.0 Å². The highest BCUT2D eigenvalue weighted by molar-refractivity contribution is 7.99. The second-order valence-corrected chi connectivity index (χ2v) is 8.89. The number of fused-ring (bicyclic) bond motifs is 1. The normalized spacial score (nSPS) is 31.1. The number of nitrogens with one attached hydrogen (secondary N) is 1. The molecule has 0 bridgehead atoms. The zero-order chi connectivity index (χ0) is 14.9. The first kappa shape index (κ1) is 15.4. The van der Waals surface area contributed by atoms with E-state index in [2.05, 4.69) is 62.1 Å². The zero-order valence-corrected chi connectivity index (χ0v) is 14.5. The third kappa shape index (κ3) is 3.32. The van der Waals surface area contributed by atoms with Crippen LogP contribution in [0.15, 0.2) is 24.3 Å². The van der Waals surface area contributed by atoms with E-state index in [4.69, 9.17) is 0 Å². The van der Waals surface area contributed by atoms with Gasteiger partial charge in [-0.2, -0.15) is 11.8 Å². The average molecular weight is 304 g/mol. The summed E-state index contributed by atoms with van der Waals surface area (Å²) in [7, 11) is 0. The van der Waals surface area contributed by atoms with E-state index in [-0.39, 0.29) is 0 Å². The quantitative estimate of drug-likeness (QED) is 0.834. The van der Waals surface area contributed by atoms with E-state index < -0.39 is 0 Å². The first-order valence-corrected chi connectivity index (χ1v) is 9.62. The molecule has 3 rings (SSSR count). The highest BCUT2D eigenvalue weighted by atomic mass is 32.2. The van der Waals surface area contributed by atoms with Crippen molar-refractivity contribution in [3.05, 3.63) is 35.4 Å². The maximum atomic E-state index is 3.99. The molecule has 0 aromatic heterocycles. The van der Waals surface area contributed by atoms with Crippen LogP contribution in [0, 0.1) is 0 Å². The number of rotatable bonds is 4. The van der Waals surface area contributed by atoms with Gasteiger partial charge in [-0.15, -0.1) is 0 Å². The van der Waals surface area contributed by atoms with Crippen molar-refractivity contribution in [1.29, 1.82) is 0 Å². The van der Waals surface area contributed by atoms with Crippen molar-refractivity contribution < 1.29 is 0 Å². The van der Waals surface area contributed by atoms with Crippen LogP contribution >= 0.6 is 11.8 Å². The number of benzene rings is 1. The van der Waals surface area contributed by atoms with Crippen molar-refractivity contribution in [1.82, 2.24) is 5.32 Å². The lowest BCUT2D eigenvalue weighted by Crippen LogP contribution is -2.37. The molecule has 2 aliphatic carbocycles. The Morgan fingerprint density at radius 3 is 2.81 bits per heavy atom. The number of hydrogen-bond donors (Lipinski definition) is 1. The molecular weight excluding hydrogens is 274 g/mol. The van der Waals surface area contributed by atoms with Gasteiger partial charge >= 0.3 is 0 Å². The minimum atomic E-state index is 0.338. The third-order valence-corrected chi connectivity index (χ3v) is 6.58. The van der Waals surface area contributed by atoms with E-state index >= 15 is 0 Å². The van der Waals surface area contributed by atoms with Crippen LogP contribution in [0.3, 0.4) is 0 Å². The summed E-state index contributed by atoms with van der Waals surface area (Å²) in [5, 5.41) is 4.88. The Morgan fingerprint density at radius 2 is 2.00 bits per heavy atom. The highest BCUT2D eigenvalue weighted by Gasteiger charge is 2.34. The monoisotopic (exact) mass is 303 g/mol. The lowest BCUT2D eigenvalue weighted by molar-refractivity contribution is 0.333. The van der Waals surface area contributed by atoms with Crippen LogP contribution < -0.4 is 5.32 Å². The summed E-state index contributed by atoms with van der Waals surface area (Å²) in [5.74, 6) is 1.26. The smallest absolute Gasteiger partial charge is 0.0325 e. The molecule has 0 saturated heterocycles.